The molecule has 3 heterocycles. The summed E-state index contributed by atoms with van der Waals surface area (Å²) in [6.45, 7) is 5.79. The van der Waals surface area contributed by atoms with Crippen LogP contribution < -0.4 is 0 Å². The lowest BCUT2D eigenvalue weighted by molar-refractivity contribution is -0.179. The molecule has 1 aromatic heterocycles. The van der Waals surface area contributed by atoms with Gasteiger partial charge in [-0.05, 0) is 31.7 Å². The number of nitrogens with zero attached hydrogens (tertiary/aromatic N) is 1. The SMILES string of the molecule is CCC1(O)CCOC2(CCN(Cc3ccoc3)CC2)C1. The maximum Gasteiger partial charge on any atom is 0.0947 e. The van der Waals surface area contributed by atoms with Crippen LogP contribution >= 0.6 is 0 Å². The normalized spacial score (nSPS) is 30.7. The molecule has 1 N–H and O–H groups in total. The van der Waals surface area contributed by atoms with Gasteiger partial charge in [-0.1, -0.05) is 6.92 Å². The summed E-state index contributed by atoms with van der Waals surface area (Å²) in [4.78, 5) is 2.44. The Hall–Kier alpha value is -0.840. The van der Waals surface area contributed by atoms with Crippen LogP contribution in [-0.2, 0) is 11.3 Å². The van der Waals surface area contributed by atoms with Gasteiger partial charge >= 0.3 is 0 Å². The summed E-state index contributed by atoms with van der Waals surface area (Å²) >= 11 is 0. The average molecular weight is 279 g/mol. The molecule has 0 amide bonds. The summed E-state index contributed by atoms with van der Waals surface area (Å²) in [7, 11) is 0. The second-order valence-corrected chi connectivity index (χ2v) is 6.44. The highest BCUT2D eigenvalue weighted by Gasteiger charge is 2.45. The van der Waals surface area contributed by atoms with Crippen LogP contribution in [0.1, 0.15) is 44.6 Å². The van der Waals surface area contributed by atoms with Crippen molar-refractivity contribution in [1.82, 2.24) is 4.90 Å². The second kappa shape index (κ2) is 5.51. The van der Waals surface area contributed by atoms with E-state index >= 15 is 0 Å². The van der Waals surface area contributed by atoms with E-state index in [4.69, 9.17) is 9.15 Å². The quantitative estimate of drug-likeness (QED) is 0.923. The van der Waals surface area contributed by atoms with Crippen molar-refractivity contribution in [2.75, 3.05) is 19.7 Å². The Bertz CT molecular complexity index is 423. The van der Waals surface area contributed by atoms with Crippen LogP contribution in [0.15, 0.2) is 23.0 Å². The molecule has 4 heteroatoms. The van der Waals surface area contributed by atoms with Gasteiger partial charge in [0.25, 0.3) is 0 Å². The summed E-state index contributed by atoms with van der Waals surface area (Å²) in [6.07, 6.45) is 8.00. The maximum absolute atomic E-state index is 10.6. The molecule has 0 aromatic carbocycles. The molecule has 0 saturated carbocycles. The predicted octanol–water partition coefficient (Wildman–Crippen LogP) is 2.57. The monoisotopic (exact) mass is 279 g/mol. The van der Waals surface area contributed by atoms with E-state index in [1.807, 2.05) is 12.3 Å². The highest BCUT2D eigenvalue weighted by molar-refractivity contribution is 5.06. The molecule has 20 heavy (non-hydrogen) atoms. The molecule has 1 atom stereocenters. The van der Waals surface area contributed by atoms with Crippen molar-refractivity contribution in [2.45, 2.75) is 56.8 Å². The average Bonchev–Trinajstić information content (AvgIpc) is 2.95. The molecule has 2 fully saturated rings. The number of furan rings is 1. The van der Waals surface area contributed by atoms with Gasteiger partial charge in [0.2, 0.25) is 0 Å². The lowest BCUT2D eigenvalue weighted by Gasteiger charge is -2.49. The van der Waals surface area contributed by atoms with Gasteiger partial charge in [-0.3, -0.25) is 4.90 Å². The summed E-state index contributed by atoms with van der Waals surface area (Å²) < 4.78 is 11.2. The smallest absolute Gasteiger partial charge is 0.0947 e. The zero-order valence-electron chi connectivity index (χ0n) is 12.3. The van der Waals surface area contributed by atoms with Gasteiger partial charge in [-0.25, -0.2) is 0 Å². The van der Waals surface area contributed by atoms with E-state index in [1.54, 1.807) is 6.26 Å². The summed E-state index contributed by atoms with van der Waals surface area (Å²) in [6, 6.07) is 2.03. The number of piperidine rings is 1. The van der Waals surface area contributed by atoms with E-state index in [0.717, 1.165) is 51.7 Å². The highest BCUT2D eigenvalue weighted by atomic mass is 16.5. The highest BCUT2D eigenvalue weighted by Crippen LogP contribution is 2.41. The van der Waals surface area contributed by atoms with Crippen molar-refractivity contribution in [1.29, 1.82) is 0 Å². The number of hydrogen-bond acceptors (Lipinski definition) is 4. The third kappa shape index (κ3) is 2.92. The standard InChI is InChI=1S/C16H25NO3/c1-2-15(18)6-10-20-16(13-15)4-7-17(8-5-16)11-14-3-9-19-12-14/h3,9,12,18H,2,4-8,10-11,13H2,1H3. The van der Waals surface area contributed by atoms with Crippen molar-refractivity contribution in [2.24, 2.45) is 0 Å². The van der Waals surface area contributed by atoms with Gasteiger partial charge in [0.05, 0.1) is 30.3 Å². The van der Waals surface area contributed by atoms with E-state index in [9.17, 15) is 5.11 Å². The number of rotatable bonds is 3. The van der Waals surface area contributed by atoms with Crippen LogP contribution in [0.5, 0.6) is 0 Å². The lowest BCUT2D eigenvalue weighted by Crippen LogP contribution is -2.54. The van der Waals surface area contributed by atoms with Crippen molar-refractivity contribution in [3.05, 3.63) is 24.2 Å². The largest absolute Gasteiger partial charge is 0.472 e. The van der Waals surface area contributed by atoms with Crippen LogP contribution in [0.3, 0.4) is 0 Å². The van der Waals surface area contributed by atoms with E-state index in [2.05, 4.69) is 11.8 Å². The van der Waals surface area contributed by atoms with Gasteiger partial charge in [0.15, 0.2) is 0 Å². The summed E-state index contributed by atoms with van der Waals surface area (Å²) in [5, 5.41) is 10.6. The number of hydrogen-bond donors (Lipinski definition) is 1. The van der Waals surface area contributed by atoms with E-state index in [-0.39, 0.29) is 5.60 Å². The Morgan fingerprint density at radius 2 is 2.10 bits per heavy atom. The minimum absolute atomic E-state index is 0.0874. The summed E-state index contributed by atoms with van der Waals surface area (Å²) in [5.74, 6) is 0. The first-order valence-electron chi connectivity index (χ1n) is 7.73. The van der Waals surface area contributed by atoms with Crippen molar-refractivity contribution in [3.8, 4) is 0 Å². The first kappa shape index (κ1) is 14.1. The van der Waals surface area contributed by atoms with Crippen molar-refractivity contribution >= 4 is 0 Å². The molecule has 2 aliphatic heterocycles. The van der Waals surface area contributed by atoms with Crippen LogP contribution in [0, 0.1) is 0 Å². The maximum atomic E-state index is 10.6. The fourth-order valence-electron chi connectivity index (χ4n) is 3.58. The fraction of sp³-hybridized carbons (Fsp3) is 0.750. The Morgan fingerprint density at radius 3 is 2.75 bits per heavy atom. The molecule has 2 saturated heterocycles. The predicted molar refractivity (Wildman–Crippen MR) is 76.4 cm³/mol. The molecule has 0 aliphatic carbocycles. The molecule has 4 nitrogen and oxygen atoms in total. The number of ether oxygens (including phenoxy) is 1. The minimum Gasteiger partial charge on any atom is -0.472 e. The van der Waals surface area contributed by atoms with Gasteiger partial charge < -0.3 is 14.3 Å². The molecule has 1 unspecified atom stereocenters. The van der Waals surface area contributed by atoms with Crippen LogP contribution in [0.4, 0.5) is 0 Å². The molecule has 3 rings (SSSR count). The molecule has 1 aromatic rings. The first-order valence-corrected chi connectivity index (χ1v) is 7.73. The van der Waals surface area contributed by atoms with Crippen molar-refractivity contribution in [3.63, 3.8) is 0 Å². The third-order valence-corrected chi connectivity index (χ3v) is 5.04. The second-order valence-electron chi connectivity index (χ2n) is 6.44. The van der Waals surface area contributed by atoms with Gasteiger partial charge in [-0.2, -0.15) is 0 Å². The van der Waals surface area contributed by atoms with Crippen LogP contribution in [-0.4, -0.2) is 40.9 Å². The molecule has 1 spiro atoms. The van der Waals surface area contributed by atoms with Gasteiger partial charge in [0, 0.05) is 31.6 Å². The number of likely N-dealkylation sites (tertiary alicyclic amines) is 1. The zero-order valence-corrected chi connectivity index (χ0v) is 12.3. The van der Waals surface area contributed by atoms with E-state index < -0.39 is 5.60 Å². The van der Waals surface area contributed by atoms with Crippen LogP contribution in [0.2, 0.25) is 0 Å². The molecule has 112 valence electrons. The van der Waals surface area contributed by atoms with Crippen LogP contribution in [0.25, 0.3) is 0 Å². The van der Waals surface area contributed by atoms with Crippen molar-refractivity contribution < 1.29 is 14.3 Å². The topological polar surface area (TPSA) is 45.8 Å². The first-order chi connectivity index (χ1) is 9.63. The Kier molecular flexibility index (Phi) is 3.89. The lowest BCUT2D eigenvalue weighted by atomic mass is 9.76. The molecule has 2 aliphatic rings. The third-order valence-electron chi connectivity index (χ3n) is 5.04. The molecule has 0 radical (unpaired) electrons. The zero-order chi connectivity index (χ0) is 14.1. The Morgan fingerprint density at radius 1 is 1.30 bits per heavy atom. The minimum atomic E-state index is -0.509. The Labute approximate surface area is 120 Å². The molecular weight excluding hydrogens is 254 g/mol. The molecule has 0 bridgehead atoms. The Balaban J connectivity index is 1.57. The fourth-order valence-corrected chi connectivity index (χ4v) is 3.58. The number of aliphatic hydroxyl groups is 1. The summed E-state index contributed by atoms with van der Waals surface area (Å²) in [5.41, 5.74) is 0.636. The molecular formula is C16H25NO3. The van der Waals surface area contributed by atoms with Gasteiger partial charge in [-0.15, -0.1) is 0 Å². The van der Waals surface area contributed by atoms with Gasteiger partial charge in [0.1, 0.15) is 0 Å². The van der Waals surface area contributed by atoms with E-state index in [1.165, 1.54) is 5.56 Å². The van der Waals surface area contributed by atoms with E-state index in [0.29, 0.717) is 6.61 Å².